The fourth-order valence-corrected chi connectivity index (χ4v) is 1.93. The third-order valence-corrected chi connectivity index (χ3v) is 2.73. The number of hydrogen-bond acceptors (Lipinski definition) is 4. The molecule has 0 saturated heterocycles. The average Bonchev–Trinajstić information content (AvgIpc) is 2.37. The van der Waals surface area contributed by atoms with Crippen molar-refractivity contribution in [2.75, 3.05) is 20.3 Å². The van der Waals surface area contributed by atoms with E-state index in [1.807, 2.05) is 18.2 Å². The number of rotatable bonds is 3. The minimum Gasteiger partial charge on any atom is -0.493 e. The topological polar surface area (TPSA) is 73.6 Å². The Balaban J connectivity index is 2.11. The summed E-state index contributed by atoms with van der Waals surface area (Å²) in [6.45, 7) is 0.445. The summed E-state index contributed by atoms with van der Waals surface area (Å²) >= 11 is 0. The second-order valence-electron chi connectivity index (χ2n) is 3.93. The molecule has 0 saturated carbocycles. The summed E-state index contributed by atoms with van der Waals surface area (Å²) < 4.78 is 10.8. The highest BCUT2D eigenvalue weighted by Gasteiger charge is 2.23. The molecule has 0 aliphatic carbocycles. The van der Waals surface area contributed by atoms with Gasteiger partial charge in [-0.1, -0.05) is 12.1 Å². The zero-order valence-electron chi connectivity index (χ0n) is 9.73. The molecule has 0 aromatic heterocycles. The van der Waals surface area contributed by atoms with E-state index < -0.39 is 0 Å². The second kappa shape index (κ2) is 5.05. The number of fused-ring (bicyclic) bond motifs is 1. The van der Waals surface area contributed by atoms with E-state index in [2.05, 4.69) is 5.32 Å². The number of nitrogens with one attached hydrogen (secondary N) is 1. The molecule has 17 heavy (non-hydrogen) atoms. The molecule has 2 rings (SSSR count). The van der Waals surface area contributed by atoms with Crippen molar-refractivity contribution in [2.45, 2.75) is 12.5 Å². The van der Waals surface area contributed by atoms with Gasteiger partial charge in [-0.05, 0) is 12.5 Å². The number of amides is 1. The Hall–Kier alpha value is -1.75. The molecule has 0 radical (unpaired) electrons. The van der Waals surface area contributed by atoms with Crippen molar-refractivity contribution in [3.63, 3.8) is 0 Å². The Morgan fingerprint density at radius 2 is 2.47 bits per heavy atom. The predicted molar refractivity (Wildman–Crippen MR) is 63.2 cm³/mol. The van der Waals surface area contributed by atoms with E-state index in [0.717, 1.165) is 23.5 Å². The molecular formula is C12H16N2O3. The first-order valence-corrected chi connectivity index (χ1v) is 5.52. The van der Waals surface area contributed by atoms with Gasteiger partial charge in [-0.3, -0.25) is 4.79 Å². The number of benzene rings is 1. The summed E-state index contributed by atoms with van der Waals surface area (Å²) in [6.07, 6.45) is 0.734. The summed E-state index contributed by atoms with van der Waals surface area (Å²) in [5, 5.41) is 2.82. The zero-order valence-corrected chi connectivity index (χ0v) is 9.73. The van der Waals surface area contributed by atoms with Crippen LogP contribution in [0.15, 0.2) is 18.2 Å². The molecule has 5 nitrogen and oxygen atoms in total. The lowest BCUT2D eigenvalue weighted by atomic mass is 10.0. The summed E-state index contributed by atoms with van der Waals surface area (Å²) in [6, 6.07) is 5.72. The number of para-hydroxylation sites is 1. The van der Waals surface area contributed by atoms with Crippen molar-refractivity contribution in [2.24, 2.45) is 5.73 Å². The van der Waals surface area contributed by atoms with E-state index in [0.29, 0.717) is 6.61 Å². The first kappa shape index (κ1) is 11.7. The molecule has 0 spiro atoms. The van der Waals surface area contributed by atoms with Gasteiger partial charge in [0.1, 0.15) is 6.61 Å². The molecule has 92 valence electrons. The van der Waals surface area contributed by atoms with Crippen LogP contribution in [-0.4, -0.2) is 32.2 Å². The van der Waals surface area contributed by atoms with Gasteiger partial charge in [-0.2, -0.15) is 0 Å². The summed E-state index contributed by atoms with van der Waals surface area (Å²) in [5.41, 5.74) is 6.30. The largest absolute Gasteiger partial charge is 0.493 e. The van der Waals surface area contributed by atoms with E-state index >= 15 is 0 Å². The van der Waals surface area contributed by atoms with Gasteiger partial charge < -0.3 is 20.5 Å². The van der Waals surface area contributed by atoms with Gasteiger partial charge in [-0.15, -0.1) is 0 Å². The molecule has 1 amide bonds. The third-order valence-electron chi connectivity index (χ3n) is 2.73. The van der Waals surface area contributed by atoms with Gasteiger partial charge in [0.15, 0.2) is 11.5 Å². The minimum absolute atomic E-state index is 0.00146. The molecule has 0 fully saturated rings. The molecule has 1 aromatic carbocycles. The second-order valence-corrected chi connectivity index (χ2v) is 3.93. The number of ether oxygens (including phenoxy) is 2. The molecule has 1 aromatic rings. The molecule has 3 N–H and O–H groups in total. The maximum Gasteiger partial charge on any atom is 0.234 e. The lowest BCUT2D eigenvalue weighted by Gasteiger charge is -2.27. The Morgan fingerprint density at radius 1 is 1.65 bits per heavy atom. The number of methoxy groups -OCH3 is 1. The van der Waals surface area contributed by atoms with Gasteiger partial charge in [-0.25, -0.2) is 0 Å². The summed E-state index contributed by atoms with van der Waals surface area (Å²) in [4.78, 5) is 11.2. The van der Waals surface area contributed by atoms with E-state index in [4.69, 9.17) is 15.2 Å². The van der Waals surface area contributed by atoms with Crippen molar-refractivity contribution in [1.82, 2.24) is 5.32 Å². The highest BCUT2D eigenvalue weighted by atomic mass is 16.5. The quantitative estimate of drug-likeness (QED) is 0.779. The van der Waals surface area contributed by atoms with E-state index in [-0.39, 0.29) is 18.5 Å². The maximum atomic E-state index is 11.2. The lowest BCUT2D eigenvalue weighted by Crippen LogP contribution is -2.45. The first-order chi connectivity index (χ1) is 8.24. The third kappa shape index (κ3) is 2.50. The van der Waals surface area contributed by atoms with Crippen LogP contribution in [0.5, 0.6) is 11.5 Å². The SMILES string of the molecule is COc1cccc2c1OC[C@H](NC(=O)CN)C2. The van der Waals surface area contributed by atoms with E-state index in [1.54, 1.807) is 7.11 Å². The van der Waals surface area contributed by atoms with Crippen molar-refractivity contribution < 1.29 is 14.3 Å². The number of hydrogen-bond donors (Lipinski definition) is 2. The average molecular weight is 236 g/mol. The number of nitrogens with two attached hydrogens (primary N) is 1. The highest BCUT2D eigenvalue weighted by molar-refractivity contribution is 5.78. The maximum absolute atomic E-state index is 11.2. The fourth-order valence-electron chi connectivity index (χ4n) is 1.93. The lowest BCUT2D eigenvalue weighted by molar-refractivity contribution is -0.120. The molecule has 1 atom stereocenters. The van der Waals surface area contributed by atoms with Crippen molar-refractivity contribution in [3.05, 3.63) is 23.8 Å². The van der Waals surface area contributed by atoms with Crippen LogP contribution in [0.4, 0.5) is 0 Å². The van der Waals surface area contributed by atoms with Crippen LogP contribution in [-0.2, 0) is 11.2 Å². The number of carbonyl (C=O) groups is 1. The number of carbonyl (C=O) groups excluding carboxylic acids is 1. The van der Waals surface area contributed by atoms with Gasteiger partial charge in [0.25, 0.3) is 0 Å². The molecule has 1 aliphatic heterocycles. The van der Waals surface area contributed by atoms with Gasteiger partial charge in [0.05, 0.1) is 19.7 Å². The van der Waals surface area contributed by atoms with Crippen LogP contribution in [0.25, 0.3) is 0 Å². The Labute approximate surface area is 99.9 Å². The monoisotopic (exact) mass is 236 g/mol. The van der Waals surface area contributed by atoms with Crippen LogP contribution in [0.1, 0.15) is 5.56 Å². The predicted octanol–water partition coefficient (Wildman–Crippen LogP) is 0.0736. The van der Waals surface area contributed by atoms with Crippen LogP contribution in [0.3, 0.4) is 0 Å². The molecule has 1 aliphatic rings. The molecule has 0 unspecified atom stereocenters. The van der Waals surface area contributed by atoms with Crippen LogP contribution < -0.4 is 20.5 Å². The van der Waals surface area contributed by atoms with Crippen LogP contribution >= 0.6 is 0 Å². The van der Waals surface area contributed by atoms with Crippen LogP contribution in [0.2, 0.25) is 0 Å². The highest BCUT2D eigenvalue weighted by Crippen LogP contribution is 2.34. The van der Waals surface area contributed by atoms with Gasteiger partial charge in [0.2, 0.25) is 5.91 Å². The Morgan fingerprint density at radius 3 is 3.18 bits per heavy atom. The fraction of sp³-hybridized carbons (Fsp3) is 0.417. The smallest absolute Gasteiger partial charge is 0.234 e. The normalized spacial score (nSPS) is 17.9. The Kier molecular flexibility index (Phi) is 3.49. The van der Waals surface area contributed by atoms with E-state index in [1.165, 1.54) is 0 Å². The molecular weight excluding hydrogens is 220 g/mol. The summed E-state index contributed by atoms with van der Waals surface area (Å²) in [7, 11) is 1.61. The molecule has 1 heterocycles. The van der Waals surface area contributed by atoms with Crippen molar-refractivity contribution in [1.29, 1.82) is 0 Å². The zero-order chi connectivity index (χ0) is 12.3. The first-order valence-electron chi connectivity index (χ1n) is 5.52. The standard InChI is InChI=1S/C12H16N2O3/c1-16-10-4-2-3-8-5-9(7-17-12(8)10)14-11(15)6-13/h2-4,9H,5-7,13H2,1H3,(H,14,15)/t9-/m1/s1. The Bertz CT molecular complexity index is 420. The van der Waals surface area contributed by atoms with Crippen LogP contribution in [0, 0.1) is 0 Å². The van der Waals surface area contributed by atoms with Crippen molar-refractivity contribution in [3.8, 4) is 11.5 Å². The minimum atomic E-state index is -0.162. The van der Waals surface area contributed by atoms with Crippen molar-refractivity contribution >= 4 is 5.91 Å². The molecule has 5 heteroatoms. The summed E-state index contributed by atoms with van der Waals surface area (Å²) in [5.74, 6) is 1.34. The van der Waals surface area contributed by atoms with Gasteiger partial charge >= 0.3 is 0 Å². The molecule has 0 bridgehead atoms. The van der Waals surface area contributed by atoms with E-state index in [9.17, 15) is 4.79 Å². The van der Waals surface area contributed by atoms with Gasteiger partial charge in [0, 0.05) is 5.56 Å².